The van der Waals surface area contributed by atoms with Gasteiger partial charge in [0.05, 0.1) is 18.4 Å². The summed E-state index contributed by atoms with van der Waals surface area (Å²) in [6.07, 6.45) is 6.54. The molecule has 0 spiro atoms. The summed E-state index contributed by atoms with van der Waals surface area (Å²) >= 11 is 0. The molecular formula is C30H42N4O3. The third-order valence-electron chi connectivity index (χ3n) is 7.50. The van der Waals surface area contributed by atoms with Crippen molar-refractivity contribution >= 4 is 28.9 Å². The summed E-state index contributed by atoms with van der Waals surface area (Å²) in [5.74, 6) is 1.84. The first-order chi connectivity index (χ1) is 17.9. The maximum absolute atomic E-state index is 13.2. The van der Waals surface area contributed by atoms with Gasteiger partial charge in [0.2, 0.25) is 5.91 Å². The molecule has 7 nitrogen and oxygen atoms in total. The monoisotopic (exact) mass is 506 g/mol. The third kappa shape index (κ3) is 7.18. The van der Waals surface area contributed by atoms with E-state index in [9.17, 15) is 9.59 Å². The second-order valence-electron chi connectivity index (χ2n) is 10.7. The summed E-state index contributed by atoms with van der Waals surface area (Å²) in [6, 6.07) is 13.8. The number of nitrogens with zero attached hydrogens (tertiary/aromatic N) is 2. The lowest BCUT2D eigenvalue weighted by Gasteiger charge is -2.38. The maximum atomic E-state index is 13.2. The summed E-state index contributed by atoms with van der Waals surface area (Å²) in [6.45, 7) is 8.00. The average Bonchev–Trinajstić information content (AvgIpc) is 3.44. The topological polar surface area (TPSA) is 73.9 Å². The van der Waals surface area contributed by atoms with Gasteiger partial charge in [-0.25, -0.2) is 0 Å². The van der Waals surface area contributed by atoms with Crippen LogP contribution in [0.2, 0.25) is 0 Å². The molecule has 0 aromatic heterocycles. The summed E-state index contributed by atoms with van der Waals surface area (Å²) in [5, 5.41) is 6.10. The van der Waals surface area contributed by atoms with Gasteiger partial charge in [-0.05, 0) is 48.6 Å². The number of rotatable bonds is 10. The highest BCUT2D eigenvalue weighted by molar-refractivity contribution is 6.02. The highest BCUT2D eigenvalue weighted by Gasteiger charge is 2.24. The van der Waals surface area contributed by atoms with E-state index in [1.807, 2.05) is 36.4 Å². The zero-order valence-electron chi connectivity index (χ0n) is 22.6. The maximum Gasteiger partial charge on any atom is 0.253 e. The number of carbonyl (C=O) groups excluding carboxylic acids is 2. The summed E-state index contributed by atoms with van der Waals surface area (Å²) in [7, 11) is 1.70. The second kappa shape index (κ2) is 12.8. The second-order valence-corrected chi connectivity index (χ2v) is 10.7. The summed E-state index contributed by atoms with van der Waals surface area (Å²) < 4.78 is 5.55. The van der Waals surface area contributed by atoms with Gasteiger partial charge in [-0.2, -0.15) is 0 Å². The van der Waals surface area contributed by atoms with Crippen LogP contribution in [0, 0.1) is 11.8 Å². The minimum Gasteiger partial charge on any atom is -0.495 e. The van der Waals surface area contributed by atoms with Crippen molar-refractivity contribution < 1.29 is 14.3 Å². The van der Waals surface area contributed by atoms with Crippen molar-refractivity contribution in [1.82, 2.24) is 5.32 Å². The molecule has 1 aliphatic carbocycles. The third-order valence-corrected chi connectivity index (χ3v) is 7.50. The highest BCUT2D eigenvalue weighted by atomic mass is 16.5. The van der Waals surface area contributed by atoms with Crippen LogP contribution in [-0.2, 0) is 4.79 Å². The zero-order valence-corrected chi connectivity index (χ0v) is 22.6. The SMILES string of the molecule is COc1ccccc1N1CCN(c2ccc(NC(=O)CCC3CCCC3)cc2C(=O)NCC(C)C)CC1. The molecule has 2 aliphatic rings. The fourth-order valence-corrected chi connectivity index (χ4v) is 5.40. The molecule has 2 N–H and O–H groups in total. The molecule has 0 bridgehead atoms. The highest BCUT2D eigenvalue weighted by Crippen LogP contribution is 2.32. The van der Waals surface area contributed by atoms with Crippen LogP contribution in [0.5, 0.6) is 5.75 Å². The van der Waals surface area contributed by atoms with Crippen molar-refractivity contribution in [2.75, 3.05) is 55.0 Å². The molecular weight excluding hydrogens is 464 g/mol. The number of para-hydroxylation sites is 2. The quantitative estimate of drug-likeness (QED) is 0.456. The number of nitrogens with one attached hydrogen (secondary N) is 2. The number of hydrogen-bond donors (Lipinski definition) is 2. The molecule has 1 heterocycles. The Balaban J connectivity index is 1.46. The Kier molecular flexibility index (Phi) is 9.31. The van der Waals surface area contributed by atoms with Crippen molar-refractivity contribution in [1.29, 1.82) is 0 Å². The molecule has 0 atom stereocenters. The smallest absolute Gasteiger partial charge is 0.253 e. The number of benzene rings is 2. The first kappa shape index (κ1) is 26.8. The van der Waals surface area contributed by atoms with Gasteiger partial charge >= 0.3 is 0 Å². The number of carbonyl (C=O) groups is 2. The molecule has 0 unspecified atom stereocenters. The van der Waals surface area contributed by atoms with Crippen LogP contribution in [0.25, 0.3) is 0 Å². The van der Waals surface area contributed by atoms with Gasteiger partial charge in [0.25, 0.3) is 5.91 Å². The molecule has 2 fully saturated rings. The van der Waals surface area contributed by atoms with E-state index >= 15 is 0 Å². The lowest BCUT2D eigenvalue weighted by Crippen LogP contribution is -2.47. The van der Waals surface area contributed by atoms with Crippen molar-refractivity contribution in [3.8, 4) is 5.75 Å². The van der Waals surface area contributed by atoms with Gasteiger partial charge in [-0.15, -0.1) is 0 Å². The van der Waals surface area contributed by atoms with E-state index in [2.05, 4.69) is 40.3 Å². The van der Waals surface area contributed by atoms with Crippen LogP contribution < -0.4 is 25.2 Å². The minimum atomic E-state index is -0.0992. The van der Waals surface area contributed by atoms with Gasteiger partial charge < -0.3 is 25.2 Å². The molecule has 200 valence electrons. The first-order valence-electron chi connectivity index (χ1n) is 13.8. The van der Waals surface area contributed by atoms with Gasteiger partial charge in [0, 0.05) is 50.5 Å². The first-order valence-corrected chi connectivity index (χ1v) is 13.8. The Hall–Kier alpha value is -3.22. The van der Waals surface area contributed by atoms with Crippen molar-refractivity contribution in [2.45, 2.75) is 52.4 Å². The molecule has 37 heavy (non-hydrogen) atoms. The summed E-state index contributed by atoms with van der Waals surface area (Å²) in [4.78, 5) is 30.5. The van der Waals surface area contributed by atoms with Gasteiger partial charge in [0.15, 0.2) is 0 Å². The largest absolute Gasteiger partial charge is 0.495 e. The fraction of sp³-hybridized carbons (Fsp3) is 0.533. The van der Waals surface area contributed by atoms with E-state index in [-0.39, 0.29) is 11.8 Å². The number of piperazine rings is 1. The van der Waals surface area contributed by atoms with Gasteiger partial charge in [-0.1, -0.05) is 51.7 Å². The lowest BCUT2D eigenvalue weighted by atomic mass is 10.0. The zero-order chi connectivity index (χ0) is 26.2. The van der Waals surface area contributed by atoms with Crippen LogP contribution >= 0.6 is 0 Å². The predicted molar refractivity (Wildman–Crippen MR) is 151 cm³/mol. The Morgan fingerprint density at radius 3 is 2.32 bits per heavy atom. The van der Waals surface area contributed by atoms with E-state index in [1.165, 1.54) is 25.7 Å². The van der Waals surface area contributed by atoms with E-state index < -0.39 is 0 Å². The van der Waals surface area contributed by atoms with E-state index in [0.29, 0.717) is 36.1 Å². The van der Waals surface area contributed by atoms with Crippen LogP contribution in [-0.4, -0.2) is 51.6 Å². The number of ether oxygens (including phenoxy) is 1. The molecule has 2 aromatic carbocycles. The number of hydrogen-bond acceptors (Lipinski definition) is 5. The van der Waals surface area contributed by atoms with Crippen molar-refractivity contribution in [2.24, 2.45) is 11.8 Å². The fourth-order valence-electron chi connectivity index (χ4n) is 5.40. The lowest BCUT2D eigenvalue weighted by molar-refractivity contribution is -0.116. The van der Waals surface area contributed by atoms with Crippen LogP contribution in [0.4, 0.5) is 17.1 Å². The van der Waals surface area contributed by atoms with Gasteiger partial charge in [0.1, 0.15) is 5.75 Å². The van der Waals surface area contributed by atoms with Crippen molar-refractivity contribution in [3.05, 3.63) is 48.0 Å². The van der Waals surface area contributed by atoms with Gasteiger partial charge in [-0.3, -0.25) is 9.59 Å². The predicted octanol–water partition coefficient (Wildman–Crippen LogP) is 5.32. The Labute approximate surface area is 221 Å². The average molecular weight is 507 g/mol. The molecule has 2 aromatic rings. The Bertz CT molecular complexity index is 1060. The normalized spacial score (nSPS) is 16.2. The standard InChI is InChI=1S/C30H42N4O3/c1-22(2)21-31-30(36)25-20-24(32-29(35)15-12-23-8-4-5-9-23)13-14-26(25)33-16-18-34(19-17-33)27-10-6-7-11-28(27)37-3/h6-7,10-11,13-14,20,22-23H,4-5,8-9,12,15-19,21H2,1-3H3,(H,31,36)(H,32,35). The summed E-state index contributed by atoms with van der Waals surface area (Å²) in [5.41, 5.74) is 3.29. The molecule has 1 aliphatic heterocycles. The Morgan fingerprint density at radius 1 is 0.973 bits per heavy atom. The molecule has 7 heteroatoms. The van der Waals surface area contributed by atoms with Crippen LogP contribution in [0.15, 0.2) is 42.5 Å². The molecule has 0 radical (unpaired) electrons. The van der Waals surface area contributed by atoms with E-state index in [0.717, 1.165) is 49.7 Å². The number of methoxy groups -OCH3 is 1. The number of anilines is 3. The molecule has 2 amide bonds. The molecule has 1 saturated carbocycles. The molecule has 1 saturated heterocycles. The van der Waals surface area contributed by atoms with Crippen LogP contribution in [0.3, 0.4) is 0 Å². The van der Waals surface area contributed by atoms with E-state index in [1.54, 1.807) is 7.11 Å². The molecule has 4 rings (SSSR count). The van der Waals surface area contributed by atoms with Crippen molar-refractivity contribution in [3.63, 3.8) is 0 Å². The minimum absolute atomic E-state index is 0.0265. The number of amides is 2. The Morgan fingerprint density at radius 2 is 1.65 bits per heavy atom. The van der Waals surface area contributed by atoms with E-state index in [4.69, 9.17) is 4.74 Å². The van der Waals surface area contributed by atoms with Crippen LogP contribution in [0.1, 0.15) is 62.7 Å².